The molecule has 0 amide bonds. The van der Waals surface area contributed by atoms with E-state index in [0.29, 0.717) is 0 Å². The van der Waals surface area contributed by atoms with Crippen molar-refractivity contribution in [2.75, 3.05) is 0 Å². The van der Waals surface area contributed by atoms with Crippen molar-refractivity contribution in [3.63, 3.8) is 0 Å². The van der Waals surface area contributed by atoms with Gasteiger partial charge in [0.2, 0.25) is 0 Å². The quantitative estimate of drug-likeness (QED) is 0.586. The van der Waals surface area contributed by atoms with Crippen LogP contribution in [0.4, 0.5) is 0 Å². The summed E-state index contributed by atoms with van der Waals surface area (Å²) >= 11 is 0. The highest BCUT2D eigenvalue weighted by Gasteiger charge is 2.31. The van der Waals surface area contributed by atoms with E-state index in [1.807, 2.05) is 0 Å². The topological polar surface area (TPSA) is 0 Å². The van der Waals surface area contributed by atoms with Crippen LogP contribution >= 0.6 is 0 Å². The van der Waals surface area contributed by atoms with Crippen molar-refractivity contribution in [2.24, 2.45) is 5.92 Å². The fraction of sp³-hybridized carbons (Fsp3) is 0.714. The van der Waals surface area contributed by atoms with E-state index in [0.717, 1.165) is 11.5 Å². The predicted molar refractivity (Wildman–Crippen MR) is 73.0 cm³/mol. The SMILES string of the molecule is CCCC(C1=CC=CC[C@@H]1C)[Si](C)(C)C. The monoisotopic (exact) mass is 222 g/mol. The normalized spacial score (nSPS) is 23.8. The molecule has 0 aliphatic heterocycles. The predicted octanol–water partition coefficient (Wildman–Crippen LogP) is 5.02. The van der Waals surface area contributed by atoms with Gasteiger partial charge in [-0.2, -0.15) is 0 Å². The first-order valence-corrected chi connectivity index (χ1v) is 9.91. The number of allylic oxidation sites excluding steroid dienone is 4. The van der Waals surface area contributed by atoms with Gasteiger partial charge in [-0.25, -0.2) is 0 Å². The molecule has 0 spiro atoms. The van der Waals surface area contributed by atoms with Crippen molar-refractivity contribution in [1.82, 2.24) is 0 Å². The van der Waals surface area contributed by atoms with E-state index in [9.17, 15) is 0 Å². The summed E-state index contributed by atoms with van der Waals surface area (Å²) in [6.45, 7) is 12.2. The van der Waals surface area contributed by atoms with Gasteiger partial charge >= 0.3 is 0 Å². The molecule has 0 nitrogen and oxygen atoms in total. The summed E-state index contributed by atoms with van der Waals surface area (Å²) in [5.41, 5.74) is 2.63. The van der Waals surface area contributed by atoms with E-state index in [-0.39, 0.29) is 0 Å². The van der Waals surface area contributed by atoms with Crippen LogP contribution in [0.3, 0.4) is 0 Å². The minimum Gasteiger partial charge on any atom is -0.0840 e. The van der Waals surface area contributed by atoms with Crippen LogP contribution in [0, 0.1) is 5.92 Å². The van der Waals surface area contributed by atoms with Gasteiger partial charge in [0.05, 0.1) is 8.07 Å². The molecular formula is C14H26Si. The molecule has 15 heavy (non-hydrogen) atoms. The minimum atomic E-state index is -1.04. The lowest BCUT2D eigenvalue weighted by Gasteiger charge is -2.35. The van der Waals surface area contributed by atoms with Crippen molar-refractivity contribution in [3.8, 4) is 0 Å². The van der Waals surface area contributed by atoms with E-state index in [1.165, 1.54) is 19.3 Å². The largest absolute Gasteiger partial charge is 0.0840 e. The second-order valence-electron chi connectivity index (χ2n) is 5.94. The van der Waals surface area contributed by atoms with Gasteiger partial charge in [0.25, 0.3) is 0 Å². The Bertz CT molecular complexity index is 255. The Morgan fingerprint density at radius 3 is 2.53 bits per heavy atom. The summed E-state index contributed by atoms with van der Waals surface area (Å²) in [5, 5.41) is 0. The molecule has 2 atom stereocenters. The van der Waals surface area contributed by atoms with Crippen LogP contribution in [0.2, 0.25) is 25.2 Å². The van der Waals surface area contributed by atoms with Crippen molar-refractivity contribution in [2.45, 2.75) is 58.3 Å². The third-order valence-electron chi connectivity index (χ3n) is 3.51. The highest BCUT2D eigenvalue weighted by molar-refractivity contribution is 6.78. The summed E-state index contributed by atoms with van der Waals surface area (Å²) in [7, 11) is -1.04. The maximum absolute atomic E-state index is 2.51. The van der Waals surface area contributed by atoms with Gasteiger partial charge in [-0.3, -0.25) is 0 Å². The third kappa shape index (κ3) is 3.34. The van der Waals surface area contributed by atoms with Crippen molar-refractivity contribution in [1.29, 1.82) is 0 Å². The lowest BCUT2D eigenvalue weighted by Crippen LogP contribution is -2.31. The molecule has 0 bridgehead atoms. The first-order chi connectivity index (χ1) is 6.96. The molecule has 0 aromatic rings. The summed E-state index contributed by atoms with van der Waals surface area (Å²) < 4.78 is 0. The first kappa shape index (κ1) is 12.8. The number of rotatable bonds is 4. The fourth-order valence-electron chi connectivity index (χ4n) is 2.61. The lowest BCUT2D eigenvalue weighted by molar-refractivity contribution is 0.615. The van der Waals surface area contributed by atoms with Gasteiger partial charge in [0.15, 0.2) is 0 Å². The maximum Gasteiger partial charge on any atom is 0.0517 e. The average molecular weight is 222 g/mol. The van der Waals surface area contributed by atoms with Crippen LogP contribution in [0.25, 0.3) is 0 Å². The van der Waals surface area contributed by atoms with Crippen LogP contribution in [0.1, 0.15) is 33.1 Å². The van der Waals surface area contributed by atoms with Gasteiger partial charge in [0.1, 0.15) is 0 Å². The van der Waals surface area contributed by atoms with Gasteiger partial charge in [0, 0.05) is 0 Å². The lowest BCUT2D eigenvalue weighted by atomic mass is 9.89. The second kappa shape index (κ2) is 5.15. The van der Waals surface area contributed by atoms with E-state index < -0.39 is 8.07 Å². The van der Waals surface area contributed by atoms with Gasteiger partial charge < -0.3 is 0 Å². The zero-order valence-corrected chi connectivity index (χ0v) is 12.0. The Morgan fingerprint density at radius 1 is 1.40 bits per heavy atom. The Kier molecular flexibility index (Phi) is 4.39. The molecule has 1 aliphatic rings. The van der Waals surface area contributed by atoms with Crippen molar-refractivity contribution in [3.05, 3.63) is 23.8 Å². The van der Waals surface area contributed by atoms with Crippen LogP contribution in [0.15, 0.2) is 23.8 Å². The molecule has 1 aliphatic carbocycles. The molecule has 0 aromatic heterocycles. The summed E-state index contributed by atoms with van der Waals surface area (Å²) in [5.74, 6) is 0.776. The van der Waals surface area contributed by atoms with E-state index >= 15 is 0 Å². The molecule has 0 saturated heterocycles. The molecular weight excluding hydrogens is 196 g/mol. The molecule has 86 valence electrons. The Morgan fingerprint density at radius 2 is 2.07 bits per heavy atom. The highest BCUT2D eigenvalue weighted by atomic mass is 28.3. The number of hydrogen-bond acceptors (Lipinski definition) is 0. The average Bonchev–Trinajstić information content (AvgIpc) is 2.14. The van der Waals surface area contributed by atoms with E-state index in [2.05, 4.69) is 51.7 Å². The standard InChI is InChI=1S/C14H26Si/c1-6-9-14(15(3,4)5)13-11-8-7-10-12(13)2/h7-8,11-12,14H,6,9-10H2,1-5H3/t12-,14?/m0/s1. The summed E-state index contributed by atoms with van der Waals surface area (Å²) in [6.07, 6.45) is 10.9. The first-order valence-electron chi connectivity index (χ1n) is 6.33. The Hall–Kier alpha value is -0.303. The van der Waals surface area contributed by atoms with Gasteiger partial charge in [-0.1, -0.05) is 63.7 Å². The minimum absolute atomic E-state index is 0.776. The Balaban J connectivity index is 2.88. The number of hydrogen-bond donors (Lipinski definition) is 0. The van der Waals surface area contributed by atoms with Gasteiger partial charge in [-0.15, -0.1) is 0 Å². The van der Waals surface area contributed by atoms with E-state index in [4.69, 9.17) is 0 Å². The molecule has 1 unspecified atom stereocenters. The third-order valence-corrected chi connectivity index (χ3v) is 6.22. The second-order valence-corrected chi connectivity index (χ2v) is 11.4. The fourth-order valence-corrected chi connectivity index (χ4v) is 5.15. The van der Waals surface area contributed by atoms with Crippen molar-refractivity contribution >= 4 is 8.07 Å². The molecule has 1 rings (SSSR count). The molecule has 0 radical (unpaired) electrons. The maximum atomic E-state index is 2.51. The van der Waals surface area contributed by atoms with E-state index in [1.54, 1.807) is 5.57 Å². The smallest absolute Gasteiger partial charge is 0.0517 e. The molecule has 0 N–H and O–H groups in total. The van der Waals surface area contributed by atoms with Crippen LogP contribution in [0.5, 0.6) is 0 Å². The molecule has 0 fully saturated rings. The molecule has 0 aromatic carbocycles. The zero-order chi connectivity index (χ0) is 11.5. The molecule has 0 heterocycles. The molecule has 0 saturated carbocycles. The van der Waals surface area contributed by atoms with Crippen LogP contribution in [-0.4, -0.2) is 8.07 Å². The summed E-state index contributed by atoms with van der Waals surface area (Å²) in [4.78, 5) is 0. The van der Waals surface area contributed by atoms with Gasteiger partial charge in [-0.05, 0) is 24.3 Å². The highest BCUT2D eigenvalue weighted by Crippen LogP contribution is 2.40. The summed E-state index contributed by atoms with van der Waals surface area (Å²) in [6, 6.07) is 0. The van der Waals surface area contributed by atoms with Crippen LogP contribution in [-0.2, 0) is 0 Å². The van der Waals surface area contributed by atoms with Crippen molar-refractivity contribution < 1.29 is 0 Å². The Labute approximate surface area is 96.5 Å². The molecule has 1 heteroatoms. The zero-order valence-electron chi connectivity index (χ0n) is 11.0. The van der Waals surface area contributed by atoms with Crippen LogP contribution < -0.4 is 0 Å².